The summed E-state index contributed by atoms with van der Waals surface area (Å²) in [6.07, 6.45) is 1.09. The lowest BCUT2D eigenvalue weighted by Gasteiger charge is -2.44. The maximum Gasteiger partial charge on any atom is 0.391 e. The van der Waals surface area contributed by atoms with Crippen LogP contribution in [0.15, 0.2) is 23.1 Å². The summed E-state index contributed by atoms with van der Waals surface area (Å²) in [5.41, 5.74) is 2.39. The summed E-state index contributed by atoms with van der Waals surface area (Å²) in [6, 6.07) is 3.40. The molecule has 6 unspecified atom stereocenters. The Bertz CT molecular complexity index is 1570. The van der Waals surface area contributed by atoms with E-state index in [1.165, 1.54) is 6.92 Å². The van der Waals surface area contributed by atoms with Gasteiger partial charge in [0, 0.05) is 93.1 Å². The highest BCUT2D eigenvalue weighted by Gasteiger charge is 2.48. The van der Waals surface area contributed by atoms with Gasteiger partial charge in [0.05, 0.1) is 24.6 Å². The number of nitrogens with one attached hydrogen (secondary N) is 2. The number of ether oxygens (including phenoxy) is 1. The number of aryl methyl sites for hydroxylation is 1. The highest BCUT2D eigenvalue weighted by molar-refractivity contribution is 5.80. The highest BCUT2D eigenvalue weighted by atomic mass is 19.4. The number of alkyl halides is 3. The van der Waals surface area contributed by atoms with Crippen molar-refractivity contribution in [3.05, 3.63) is 39.9 Å². The number of rotatable bonds is 8. The van der Waals surface area contributed by atoms with Crippen LogP contribution >= 0.6 is 0 Å². The molecular formula is C37H53F3N6O4. The number of carbonyl (C=O) groups excluding carboxylic acids is 2. The molecule has 2 saturated carbocycles. The molecule has 50 heavy (non-hydrogen) atoms. The zero-order valence-electron chi connectivity index (χ0n) is 29.6. The zero-order valence-corrected chi connectivity index (χ0v) is 29.6. The second kappa shape index (κ2) is 15.7. The van der Waals surface area contributed by atoms with Crippen molar-refractivity contribution < 1.29 is 27.5 Å². The average molecular weight is 703 g/mol. The van der Waals surface area contributed by atoms with Crippen LogP contribution in [0.1, 0.15) is 82.4 Å². The zero-order chi connectivity index (χ0) is 35.6. The fourth-order valence-corrected chi connectivity index (χ4v) is 8.92. The normalized spacial score (nSPS) is 29.2. The number of nitrogens with zero attached hydrogens (tertiary/aromatic N) is 4. The third-order valence-corrected chi connectivity index (χ3v) is 11.8. The molecule has 276 valence electrons. The molecule has 2 saturated heterocycles. The van der Waals surface area contributed by atoms with Crippen LogP contribution < -0.4 is 16.2 Å². The number of amides is 2. The highest BCUT2D eigenvalue weighted by Crippen LogP contribution is 2.43. The molecule has 2 aliphatic heterocycles. The van der Waals surface area contributed by atoms with E-state index in [1.807, 2.05) is 29.8 Å². The Balaban J connectivity index is 1.17. The van der Waals surface area contributed by atoms with E-state index in [2.05, 4.69) is 32.3 Å². The third kappa shape index (κ3) is 8.70. The molecule has 0 bridgehead atoms. The minimum Gasteiger partial charge on any atom is -0.379 e. The molecule has 2 aromatic heterocycles. The Morgan fingerprint density at radius 1 is 0.940 bits per heavy atom. The predicted molar refractivity (Wildman–Crippen MR) is 185 cm³/mol. The first-order chi connectivity index (χ1) is 23.9. The number of likely N-dealkylation sites (tertiary alicyclic amines) is 1. The van der Waals surface area contributed by atoms with Gasteiger partial charge < -0.3 is 24.8 Å². The lowest BCUT2D eigenvalue weighted by Crippen LogP contribution is -2.53. The van der Waals surface area contributed by atoms with E-state index in [0.29, 0.717) is 64.1 Å². The summed E-state index contributed by atoms with van der Waals surface area (Å²) >= 11 is 0. The number of halogens is 3. The summed E-state index contributed by atoms with van der Waals surface area (Å²) in [5, 5.41) is 7.00. The van der Waals surface area contributed by atoms with Crippen molar-refractivity contribution in [3.63, 3.8) is 0 Å². The van der Waals surface area contributed by atoms with E-state index in [9.17, 15) is 27.6 Å². The topological polar surface area (TPSA) is 109 Å². The van der Waals surface area contributed by atoms with Crippen LogP contribution in [0.3, 0.4) is 0 Å². The molecule has 10 nitrogen and oxygen atoms in total. The molecule has 2 aromatic rings. The van der Waals surface area contributed by atoms with Gasteiger partial charge in [0.15, 0.2) is 0 Å². The monoisotopic (exact) mass is 702 g/mol. The third-order valence-electron chi connectivity index (χ3n) is 11.8. The minimum absolute atomic E-state index is 0.00470. The number of morpholine rings is 1. The van der Waals surface area contributed by atoms with Crippen LogP contribution in [-0.4, -0.2) is 101 Å². The first-order valence-electron chi connectivity index (χ1n) is 18.5. The van der Waals surface area contributed by atoms with Gasteiger partial charge >= 0.3 is 6.18 Å². The average Bonchev–Trinajstić information content (AvgIpc) is 3.08. The van der Waals surface area contributed by atoms with Crippen LogP contribution in [0.5, 0.6) is 0 Å². The molecule has 2 aliphatic carbocycles. The van der Waals surface area contributed by atoms with Crippen LogP contribution in [-0.2, 0) is 20.9 Å². The Hall–Kier alpha value is -3.03. The standard InChI is InChI=1S/C37H53F3N6O4/c1-23-4-5-30(43-35(48)26-17-28(37(38,39)40)20-31(18-26)45-8-6-29(7-9-45)42-25(3)47)21-32(23)33-19-27-22-41-24(2)16-34(27)46(36(33)49)11-10-44-12-14-50-15-13-44/h16,19,22-23,26,28-32H,4-15,17-18,20-21H2,1-3H3,(H,42,47)(H,43,48). The van der Waals surface area contributed by atoms with Gasteiger partial charge in [0.25, 0.3) is 5.56 Å². The molecule has 0 spiro atoms. The van der Waals surface area contributed by atoms with Crippen LogP contribution in [0.25, 0.3) is 10.9 Å². The number of piperidine rings is 1. The van der Waals surface area contributed by atoms with Crippen molar-refractivity contribution in [3.8, 4) is 0 Å². The van der Waals surface area contributed by atoms with E-state index in [-0.39, 0.29) is 60.2 Å². The summed E-state index contributed by atoms with van der Waals surface area (Å²) in [5.74, 6) is -2.58. The van der Waals surface area contributed by atoms with Crippen LogP contribution in [0, 0.1) is 24.7 Å². The second-order valence-electron chi connectivity index (χ2n) is 15.3. The van der Waals surface area contributed by atoms with Gasteiger partial charge in [-0.2, -0.15) is 13.2 Å². The summed E-state index contributed by atoms with van der Waals surface area (Å²) in [7, 11) is 0. The van der Waals surface area contributed by atoms with Crippen molar-refractivity contribution in [1.29, 1.82) is 0 Å². The molecule has 4 heterocycles. The maximum absolute atomic E-state index is 14.3. The smallest absolute Gasteiger partial charge is 0.379 e. The lowest BCUT2D eigenvalue weighted by molar-refractivity contribution is -0.192. The molecule has 4 aliphatic rings. The quantitative estimate of drug-likeness (QED) is 0.421. The number of fused-ring (bicyclic) bond motifs is 1. The molecule has 0 radical (unpaired) electrons. The molecule has 13 heteroatoms. The maximum atomic E-state index is 14.3. The van der Waals surface area contributed by atoms with Crippen molar-refractivity contribution in [2.45, 2.75) is 109 Å². The summed E-state index contributed by atoms with van der Waals surface area (Å²) in [6.45, 7) is 11.0. The Morgan fingerprint density at radius 2 is 1.68 bits per heavy atom. The van der Waals surface area contributed by atoms with Gasteiger partial charge in [0.2, 0.25) is 11.8 Å². The molecule has 0 aromatic carbocycles. The van der Waals surface area contributed by atoms with E-state index in [0.717, 1.165) is 49.1 Å². The van der Waals surface area contributed by atoms with Crippen molar-refractivity contribution >= 4 is 22.7 Å². The molecule has 2 amide bonds. The number of hydrogen-bond donors (Lipinski definition) is 2. The Morgan fingerprint density at radius 3 is 2.38 bits per heavy atom. The van der Waals surface area contributed by atoms with E-state index in [4.69, 9.17) is 4.74 Å². The predicted octanol–water partition coefficient (Wildman–Crippen LogP) is 4.37. The van der Waals surface area contributed by atoms with Crippen molar-refractivity contribution in [2.24, 2.45) is 17.8 Å². The van der Waals surface area contributed by atoms with Gasteiger partial charge in [-0.25, -0.2) is 0 Å². The lowest BCUT2D eigenvalue weighted by atomic mass is 9.73. The molecule has 2 N–H and O–H groups in total. The summed E-state index contributed by atoms with van der Waals surface area (Å²) < 4.78 is 49.9. The van der Waals surface area contributed by atoms with E-state index in [1.54, 1.807) is 0 Å². The van der Waals surface area contributed by atoms with Gasteiger partial charge in [0.1, 0.15) is 0 Å². The number of hydrogen-bond acceptors (Lipinski definition) is 7. The van der Waals surface area contributed by atoms with Crippen LogP contribution in [0.4, 0.5) is 13.2 Å². The van der Waals surface area contributed by atoms with Gasteiger partial charge in [-0.1, -0.05) is 6.92 Å². The van der Waals surface area contributed by atoms with E-state index < -0.39 is 18.0 Å². The minimum atomic E-state index is -4.37. The number of pyridine rings is 2. The van der Waals surface area contributed by atoms with Gasteiger partial charge in [-0.3, -0.25) is 24.3 Å². The Kier molecular flexibility index (Phi) is 11.5. The Labute approximate surface area is 292 Å². The summed E-state index contributed by atoms with van der Waals surface area (Å²) in [4.78, 5) is 48.5. The number of aromatic nitrogens is 2. The van der Waals surface area contributed by atoms with E-state index >= 15 is 0 Å². The fraction of sp³-hybridized carbons (Fsp3) is 0.730. The molecule has 6 rings (SSSR count). The number of carbonyl (C=O) groups is 2. The first kappa shape index (κ1) is 36.8. The molecule has 4 fully saturated rings. The van der Waals surface area contributed by atoms with Crippen molar-refractivity contribution in [2.75, 3.05) is 45.9 Å². The SMILES string of the molecule is CC(=O)NC1CCN(C2CC(C(=O)NC3CCC(C)C(c4cc5cnc(C)cc5n(CCN5CCOCC5)c4=O)C3)CC(C(F)(F)F)C2)CC1. The van der Waals surface area contributed by atoms with Gasteiger partial charge in [-0.15, -0.1) is 0 Å². The first-order valence-corrected chi connectivity index (χ1v) is 18.5. The van der Waals surface area contributed by atoms with Gasteiger partial charge in [-0.05, 0) is 82.3 Å². The largest absolute Gasteiger partial charge is 0.391 e. The molecule has 6 atom stereocenters. The molecular weight excluding hydrogens is 649 g/mol. The fourth-order valence-electron chi connectivity index (χ4n) is 8.92. The van der Waals surface area contributed by atoms with Crippen LogP contribution in [0.2, 0.25) is 0 Å². The second-order valence-corrected chi connectivity index (χ2v) is 15.3. The van der Waals surface area contributed by atoms with Crippen molar-refractivity contribution in [1.82, 2.24) is 30.0 Å².